The number of hydrogen-bond donors (Lipinski definition) is 0. The molecule has 0 saturated heterocycles. The molecule has 0 aliphatic carbocycles. The van der Waals surface area contributed by atoms with Gasteiger partial charge in [-0.2, -0.15) is 0 Å². The number of alkyl halides is 1. The first-order chi connectivity index (χ1) is 7.33. The highest BCUT2D eigenvalue weighted by Crippen LogP contribution is 2.21. The fourth-order valence-corrected chi connectivity index (χ4v) is 2.07. The number of rotatable bonds is 3. The average molecular weight is 265 g/mol. The van der Waals surface area contributed by atoms with Crippen LogP contribution in [0.4, 0.5) is 0 Å². The average Bonchev–Trinajstić information content (AvgIpc) is 2.68. The maximum atomic E-state index is 5.70. The third-order valence-corrected chi connectivity index (χ3v) is 3.14. The summed E-state index contributed by atoms with van der Waals surface area (Å²) in [6, 6.07) is 10.1. The molecule has 1 aromatic heterocycles. The second-order valence-electron chi connectivity index (χ2n) is 3.48. The lowest BCUT2D eigenvalue weighted by atomic mass is 10.2. The smallest absolute Gasteiger partial charge is 0.134 e. The van der Waals surface area contributed by atoms with Crippen LogP contribution in [0, 0.1) is 0 Å². The molecule has 0 N–H and O–H groups in total. The van der Waals surface area contributed by atoms with Gasteiger partial charge in [0.05, 0.1) is 0 Å². The summed E-state index contributed by atoms with van der Waals surface area (Å²) in [5, 5.41) is 2.06. The summed E-state index contributed by atoms with van der Waals surface area (Å²) >= 11 is 3.47. The molecule has 0 radical (unpaired) electrons. The number of hydrogen-bond acceptors (Lipinski definition) is 1. The maximum Gasteiger partial charge on any atom is 0.134 e. The molecule has 0 aliphatic rings. The molecule has 15 heavy (non-hydrogen) atoms. The van der Waals surface area contributed by atoms with Crippen LogP contribution in [0.5, 0.6) is 0 Å². The van der Waals surface area contributed by atoms with E-state index in [0.29, 0.717) is 0 Å². The fraction of sp³-hybridized carbons (Fsp3) is 0.231. The standard InChI is InChI=1S/C13H13BrO/c1-2-10(9-14)7-12-8-11-5-3-4-6-13(11)15-12/h3-8H,2,9H2,1H3. The first kappa shape index (κ1) is 10.5. The first-order valence-electron chi connectivity index (χ1n) is 5.07. The van der Waals surface area contributed by atoms with E-state index >= 15 is 0 Å². The molecule has 1 aromatic carbocycles. The van der Waals surface area contributed by atoms with Crippen molar-refractivity contribution in [1.82, 2.24) is 0 Å². The second-order valence-corrected chi connectivity index (χ2v) is 4.04. The third-order valence-electron chi connectivity index (χ3n) is 2.42. The van der Waals surface area contributed by atoms with Gasteiger partial charge in [0.1, 0.15) is 11.3 Å². The highest BCUT2D eigenvalue weighted by atomic mass is 79.9. The maximum absolute atomic E-state index is 5.70. The predicted octanol–water partition coefficient (Wildman–Crippen LogP) is 4.62. The van der Waals surface area contributed by atoms with Crippen LogP contribution in [0.25, 0.3) is 17.0 Å². The number of allylic oxidation sites excluding steroid dienone is 1. The summed E-state index contributed by atoms with van der Waals surface area (Å²) in [5.41, 5.74) is 2.29. The largest absolute Gasteiger partial charge is 0.457 e. The Bertz CT molecular complexity index is 443. The molecule has 2 aromatic rings. The predicted molar refractivity (Wildman–Crippen MR) is 68.3 cm³/mol. The highest BCUT2D eigenvalue weighted by molar-refractivity contribution is 9.09. The van der Waals surface area contributed by atoms with Gasteiger partial charge in [-0.15, -0.1) is 0 Å². The summed E-state index contributed by atoms with van der Waals surface area (Å²) in [6.07, 6.45) is 3.15. The van der Waals surface area contributed by atoms with Crippen LogP contribution in [-0.4, -0.2) is 5.33 Å². The number of halogens is 1. The Balaban J connectivity index is 2.40. The summed E-state index contributed by atoms with van der Waals surface area (Å²) in [7, 11) is 0. The lowest BCUT2D eigenvalue weighted by Crippen LogP contribution is -1.79. The van der Waals surface area contributed by atoms with E-state index < -0.39 is 0 Å². The topological polar surface area (TPSA) is 13.1 Å². The van der Waals surface area contributed by atoms with Crippen LogP contribution in [0.15, 0.2) is 40.3 Å². The van der Waals surface area contributed by atoms with Gasteiger partial charge in [-0.25, -0.2) is 0 Å². The summed E-state index contributed by atoms with van der Waals surface area (Å²) in [6.45, 7) is 2.15. The minimum absolute atomic E-state index is 0.903. The van der Waals surface area contributed by atoms with Gasteiger partial charge in [-0.3, -0.25) is 0 Å². The number of benzene rings is 1. The van der Waals surface area contributed by atoms with Crippen molar-refractivity contribution in [3.8, 4) is 0 Å². The molecule has 0 fully saturated rings. The molecule has 1 heterocycles. The monoisotopic (exact) mass is 264 g/mol. The molecule has 0 saturated carbocycles. The van der Waals surface area contributed by atoms with Gasteiger partial charge in [0, 0.05) is 10.7 Å². The highest BCUT2D eigenvalue weighted by Gasteiger charge is 2.01. The quantitative estimate of drug-likeness (QED) is 0.738. The van der Waals surface area contributed by atoms with Gasteiger partial charge in [0.2, 0.25) is 0 Å². The molecular weight excluding hydrogens is 252 g/mol. The van der Waals surface area contributed by atoms with Crippen molar-refractivity contribution in [1.29, 1.82) is 0 Å². The Kier molecular flexibility index (Phi) is 3.27. The van der Waals surface area contributed by atoms with Crippen LogP contribution in [0.3, 0.4) is 0 Å². The van der Waals surface area contributed by atoms with Gasteiger partial charge in [-0.1, -0.05) is 46.6 Å². The van der Waals surface area contributed by atoms with Crippen LogP contribution in [-0.2, 0) is 0 Å². The molecule has 78 valence electrons. The van der Waals surface area contributed by atoms with Gasteiger partial charge >= 0.3 is 0 Å². The van der Waals surface area contributed by atoms with Crippen LogP contribution in [0.1, 0.15) is 19.1 Å². The summed E-state index contributed by atoms with van der Waals surface area (Å²) in [4.78, 5) is 0. The zero-order valence-electron chi connectivity index (χ0n) is 8.66. The zero-order valence-corrected chi connectivity index (χ0v) is 10.3. The number of para-hydroxylation sites is 1. The lowest BCUT2D eigenvalue weighted by molar-refractivity contribution is 0.603. The molecule has 0 atom stereocenters. The van der Waals surface area contributed by atoms with Crippen molar-refractivity contribution in [3.05, 3.63) is 41.7 Å². The molecule has 2 rings (SSSR count). The minimum atomic E-state index is 0.903. The molecule has 2 heteroatoms. The normalized spacial score (nSPS) is 12.3. The second kappa shape index (κ2) is 4.67. The van der Waals surface area contributed by atoms with Crippen LogP contribution >= 0.6 is 15.9 Å². The van der Waals surface area contributed by atoms with E-state index in [4.69, 9.17) is 4.42 Å². The first-order valence-corrected chi connectivity index (χ1v) is 6.19. The number of furan rings is 1. The van der Waals surface area contributed by atoms with Crippen LogP contribution < -0.4 is 0 Å². The van der Waals surface area contributed by atoms with Crippen molar-refractivity contribution < 1.29 is 4.42 Å². The molecule has 0 amide bonds. The van der Waals surface area contributed by atoms with Crippen LogP contribution in [0.2, 0.25) is 0 Å². The summed E-state index contributed by atoms with van der Waals surface area (Å²) < 4.78 is 5.70. The molecule has 1 nitrogen and oxygen atoms in total. The van der Waals surface area contributed by atoms with E-state index in [1.54, 1.807) is 0 Å². The van der Waals surface area contributed by atoms with Gasteiger partial charge in [-0.05, 0) is 24.6 Å². The fourth-order valence-electron chi connectivity index (χ4n) is 1.51. The Morgan fingerprint density at radius 2 is 2.20 bits per heavy atom. The Hall–Kier alpha value is -1.02. The molecule has 0 spiro atoms. The van der Waals surface area contributed by atoms with Crippen molar-refractivity contribution in [2.75, 3.05) is 5.33 Å². The van der Waals surface area contributed by atoms with Crippen molar-refractivity contribution in [2.45, 2.75) is 13.3 Å². The van der Waals surface area contributed by atoms with E-state index in [2.05, 4.69) is 41.1 Å². The van der Waals surface area contributed by atoms with E-state index in [1.807, 2.05) is 18.2 Å². The minimum Gasteiger partial charge on any atom is -0.457 e. The van der Waals surface area contributed by atoms with E-state index in [9.17, 15) is 0 Å². The Labute approximate surface area is 97.9 Å². The zero-order chi connectivity index (χ0) is 10.7. The van der Waals surface area contributed by atoms with Gasteiger partial charge in [0.25, 0.3) is 0 Å². The molecule has 0 aliphatic heterocycles. The number of fused-ring (bicyclic) bond motifs is 1. The van der Waals surface area contributed by atoms with Crippen molar-refractivity contribution in [3.63, 3.8) is 0 Å². The van der Waals surface area contributed by atoms with Crippen molar-refractivity contribution in [2.24, 2.45) is 0 Å². The van der Waals surface area contributed by atoms with Crippen molar-refractivity contribution >= 4 is 33.0 Å². The van der Waals surface area contributed by atoms with E-state index in [-0.39, 0.29) is 0 Å². The van der Waals surface area contributed by atoms with Gasteiger partial charge < -0.3 is 4.42 Å². The molecule has 0 bridgehead atoms. The lowest BCUT2D eigenvalue weighted by Gasteiger charge is -1.95. The molecular formula is C13H13BrO. The third kappa shape index (κ3) is 2.32. The SMILES string of the molecule is CCC(=Cc1cc2ccccc2o1)CBr. The molecule has 0 unspecified atom stereocenters. The van der Waals surface area contributed by atoms with Gasteiger partial charge in [0.15, 0.2) is 0 Å². The Morgan fingerprint density at radius 1 is 1.40 bits per heavy atom. The van der Waals surface area contributed by atoms with E-state index in [1.165, 1.54) is 5.57 Å². The van der Waals surface area contributed by atoms with E-state index in [0.717, 1.165) is 28.5 Å². The Morgan fingerprint density at radius 3 is 2.87 bits per heavy atom. The summed E-state index contributed by atoms with van der Waals surface area (Å²) in [5.74, 6) is 0.938.